The first-order valence-corrected chi connectivity index (χ1v) is 10.5. The molecule has 4 aromatic rings. The lowest BCUT2D eigenvalue weighted by molar-refractivity contribution is 0.271. The molecule has 1 aromatic carbocycles. The molecule has 31 heavy (non-hydrogen) atoms. The number of ether oxygens (including phenoxy) is 1. The molecule has 1 fully saturated rings. The fourth-order valence-electron chi connectivity index (χ4n) is 3.50. The maximum absolute atomic E-state index is 9.14. The summed E-state index contributed by atoms with van der Waals surface area (Å²) in [7, 11) is 0. The number of aliphatic hydroxyl groups excluding tert-OH is 1. The number of benzene rings is 1. The Morgan fingerprint density at radius 3 is 2.87 bits per heavy atom. The molecule has 0 radical (unpaired) electrons. The summed E-state index contributed by atoms with van der Waals surface area (Å²) in [6.07, 6.45) is 8.62. The lowest BCUT2D eigenvalue weighted by Crippen LogP contribution is -2.08. The van der Waals surface area contributed by atoms with Crippen molar-refractivity contribution in [2.45, 2.75) is 31.9 Å². The Kier molecular flexibility index (Phi) is 5.45. The molecule has 8 nitrogen and oxygen atoms in total. The molecule has 8 heteroatoms. The first-order chi connectivity index (χ1) is 15.3. The van der Waals surface area contributed by atoms with E-state index in [4.69, 9.17) is 9.84 Å². The van der Waals surface area contributed by atoms with Crippen LogP contribution in [0.4, 0.5) is 5.82 Å². The van der Waals surface area contributed by atoms with Gasteiger partial charge in [0, 0.05) is 29.8 Å². The summed E-state index contributed by atoms with van der Waals surface area (Å²) in [6.45, 7) is 1.19. The van der Waals surface area contributed by atoms with E-state index in [2.05, 4.69) is 31.4 Å². The van der Waals surface area contributed by atoms with Crippen molar-refractivity contribution < 1.29 is 9.84 Å². The van der Waals surface area contributed by atoms with Crippen molar-refractivity contribution in [3.8, 4) is 17.0 Å². The maximum Gasteiger partial charge on any atom is 0.157 e. The molecular weight excluding hydrogens is 392 g/mol. The van der Waals surface area contributed by atoms with Crippen LogP contribution in [0.25, 0.3) is 22.3 Å². The molecule has 0 amide bonds. The van der Waals surface area contributed by atoms with Gasteiger partial charge in [0.05, 0.1) is 31.1 Å². The van der Waals surface area contributed by atoms with E-state index in [1.54, 1.807) is 23.4 Å². The Hall–Kier alpha value is -3.52. The topological polar surface area (TPSA) is 98.0 Å². The van der Waals surface area contributed by atoms with Gasteiger partial charge in [-0.2, -0.15) is 5.10 Å². The average Bonchev–Trinajstić information content (AvgIpc) is 3.53. The minimum absolute atomic E-state index is 0.0261. The average molecular weight is 416 g/mol. The van der Waals surface area contributed by atoms with Crippen molar-refractivity contribution in [1.29, 1.82) is 0 Å². The minimum atomic E-state index is 0.0261. The summed E-state index contributed by atoms with van der Waals surface area (Å²) < 4.78 is 7.70. The van der Waals surface area contributed by atoms with Crippen LogP contribution in [0.5, 0.6) is 5.75 Å². The van der Waals surface area contributed by atoms with Gasteiger partial charge in [0.25, 0.3) is 0 Å². The van der Waals surface area contributed by atoms with Crippen molar-refractivity contribution in [3.05, 3.63) is 60.7 Å². The van der Waals surface area contributed by atoms with Gasteiger partial charge in [-0.3, -0.25) is 0 Å². The Morgan fingerprint density at radius 1 is 1.10 bits per heavy atom. The number of hydrogen-bond donors (Lipinski definition) is 2. The summed E-state index contributed by atoms with van der Waals surface area (Å²) in [6, 6.07) is 12.1. The van der Waals surface area contributed by atoms with Crippen molar-refractivity contribution in [2.24, 2.45) is 0 Å². The molecule has 3 aromatic heterocycles. The minimum Gasteiger partial charge on any atom is -0.490 e. The number of fused-ring (bicyclic) bond motifs is 1. The largest absolute Gasteiger partial charge is 0.490 e. The Balaban J connectivity index is 1.27. The molecule has 0 saturated heterocycles. The summed E-state index contributed by atoms with van der Waals surface area (Å²) >= 11 is 0. The van der Waals surface area contributed by atoms with E-state index in [9.17, 15) is 0 Å². The number of pyridine rings is 1. The van der Waals surface area contributed by atoms with Gasteiger partial charge in [-0.15, -0.1) is 0 Å². The molecule has 0 aliphatic heterocycles. The van der Waals surface area contributed by atoms with E-state index in [-0.39, 0.29) is 6.61 Å². The number of hydrogen-bond acceptors (Lipinski definition) is 7. The number of anilines is 1. The van der Waals surface area contributed by atoms with Crippen LogP contribution >= 0.6 is 0 Å². The van der Waals surface area contributed by atoms with Gasteiger partial charge in [-0.25, -0.2) is 19.6 Å². The van der Waals surface area contributed by atoms with Gasteiger partial charge >= 0.3 is 0 Å². The van der Waals surface area contributed by atoms with Crippen LogP contribution in [-0.4, -0.2) is 49.1 Å². The zero-order chi connectivity index (χ0) is 21.0. The van der Waals surface area contributed by atoms with Gasteiger partial charge in [0.15, 0.2) is 5.65 Å². The van der Waals surface area contributed by atoms with Gasteiger partial charge in [0.1, 0.15) is 17.9 Å². The highest BCUT2D eigenvalue weighted by molar-refractivity contribution is 5.80. The molecule has 0 atom stereocenters. The van der Waals surface area contributed by atoms with Gasteiger partial charge in [0.2, 0.25) is 0 Å². The third-order valence-electron chi connectivity index (χ3n) is 5.24. The zero-order valence-corrected chi connectivity index (χ0v) is 17.1. The smallest absolute Gasteiger partial charge is 0.157 e. The summed E-state index contributed by atoms with van der Waals surface area (Å²) in [5.74, 6) is 1.75. The van der Waals surface area contributed by atoms with Crippen LogP contribution in [0, 0.1) is 0 Å². The molecule has 1 saturated carbocycles. The number of aliphatic hydroxyl groups is 1. The van der Waals surface area contributed by atoms with E-state index >= 15 is 0 Å². The van der Waals surface area contributed by atoms with Crippen LogP contribution in [-0.2, 0) is 13.0 Å². The number of nitrogens with zero attached hydrogens (tertiary/aromatic N) is 5. The van der Waals surface area contributed by atoms with Crippen LogP contribution in [0.2, 0.25) is 0 Å². The standard InChI is InChI=1S/C23H24N6O2/c30-10-9-29-23-18(14-28-29)11-17(13-25-23)20-12-22(27-15-26-20)24-8-7-16-3-1-2-4-21(16)31-19-5-6-19/h1-4,11-15,19,30H,5-10H2,(H,24,26,27). The van der Waals surface area contributed by atoms with E-state index in [0.29, 0.717) is 12.6 Å². The predicted molar refractivity (Wildman–Crippen MR) is 118 cm³/mol. The third kappa shape index (κ3) is 4.49. The number of aromatic nitrogens is 5. The number of nitrogens with one attached hydrogen (secondary N) is 1. The van der Waals surface area contributed by atoms with Crippen molar-refractivity contribution in [3.63, 3.8) is 0 Å². The molecular formula is C23H24N6O2. The highest BCUT2D eigenvalue weighted by atomic mass is 16.5. The Bertz CT molecular complexity index is 1190. The Labute approximate surface area is 179 Å². The van der Waals surface area contributed by atoms with Gasteiger partial charge < -0.3 is 15.2 Å². The predicted octanol–water partition coefficient (Wildman–Crippen LogP) is 3.08. The lowest BCUT2D eigenvalue weighted by Gasteiger charge is -2.12. The van der Waals surface area contributed by atoms with E-state index in [0.717, 1.165) is 59.7 Å². The van der Waals surface area contributed by atoms with Crippen LogP contribution in [0.3, 0.4) is 0 Å². The van der Waals surface area contributed by atoms with Crippen molar-refractivity contribution >= 4 is 16.9 Å². The van der Waals surface area contributed by atoms with E-state index in [1.807, 2.05) is 30.3 Å². The van der Waals surface area contributed by atoms with Crippen LogP contribution in [0.15, 0.2) is 55.1 Å². The second kappa shape index (κ2) is 8.69. The fourth-order valence-corrected chi connectivity index (χ4v) is 3.50. The molecule has 1 aliphatic rings. The monoisotopic (exact) mass is 416 g/mol. The summed E-state index contributed by atoms with van der Waals surface area (Å²) in [4.78, 5) is 13.3. The summed E-state index contributed by atoms with van der Waals surface area (Å²) in [5.41, 5.74) is 3.63. The quantitative estimate of drug-likeness (QED) is 0.433. The second-order valence-corrected chi connectivity index (χ2v) is 7.62. The van der Waals surface area contributed by atoms with E-state index in [1.165, 1.54) is 5.56 Å². The molecule has 0 spiro atoms. The van der Waals surface area contributed by atoms with E-state index < -0.39 is 0 Å². The molecule has 5 rings (SSSR count). The highest BCUT2D eigenvalue weighted by Crippen LogP contribution is 2.29. The van der Waals surface area contributed by atoms with Gasteiger partial charge in [-0.05, 0) is 37.0 Å². The zero-order valence-electron chi connectivity index (χ0n) is 17.1. The number of para-hydroxylation sites is 1. The SMILES string of the molecule is OCCn1ncc2cc(-c3cc(NCCc4ccccc4OC4CC4)ncn3)cnc21. The lowest BCUT2D eigenvalue weighted by atomic mass is 10.1. The van der Waals surface area contributed by atoms with Crippen LogP contribution in [0.1, 0.15) is 18.4 Å². The summed E-state index contributed by atoms with van der Waals surface area (Å²) in [5, 5.41) is 17.7. The highest BCUT2D eigenvalue weighted by Gasteiger charge is 2.24. The molecule has 1 aliphatic carbocycles. The van der Waals surface area contributed by atoms with Crippen LogP contribution < -0.4 is 10.1 Å². The fraction of sp³-hybridized carbons (Fsp3) is 0.304. The third-order valence-corrected chi connectivity index (χ3v) is 5.24. The molecule has 158 valence electrons. The first kappa shape index (κ1) is 19.4. The molecule has 0 bridgehead atoms. The Morgan fingerprint density at radius 2 is 2.00 bits per heavy atom. The molecule has 3 heterocycles. The molecule has 2 N–H and O–H groups in total. The normalized spacial score (nSPS) is 13.5. The second-order valence-electron chi connectivity index (χ2n) is 7.62. The van der Waals surface area contributed by atoms with Crippen molar-refractivity contribution in [1.82, 2.24) is 24.7 Å². The molecule has 0 unspecified atom stereocenters. The van der Waals surface area contributed by atoms with Crippen molar-refractivity contribution in [2.75, 3.05) is 18.5 Å². The first-order valence-electron chi connectivity index (χ1n) is 10.5. The van der Waals surface area contributed by atoms with Gasteiger partial charge in [-0.1, -0.05) is 18.2 Å². The maximum atomic E-state index is 9.14. The number of rotatable bonds is 9.